The third-order valence-corrected chi connectivity index (χ3v) is 4.03. The van der Waals surface area contributed by atoms with Gasteiger partial charge in [-0.3, -0.25) is 9.59 Å². The Kier molecular flexibility index (Phi) is 4.97. The molecule has 0 aromatic carbocycles. The molecule has 1 rings (SSSR count). The zero-order chi connectivity index (χ0) is 13.0. The number of carbonyl (C=O) groups is 2. The van der Waals surface area contributed by atoms with Crippen LogP contribution < -0.4 is 0 Å². The van der Waals surface area contributed by atoms with Crippen LogP contribution in [0.25, 0.3) is 0 Å². The summed E-state index contributed by atoms with van der Waals surface area (Å²) in [4.78, 5) is 24.3. The second-order valence-electron chi connectivity index (χ2n) is 5.09. The number of carboxylic acid groups (broad SMARTS) is 1. The van der Waals surface area contributed by atoms with Gasteiger partial charge in [-0.25, -0.2) is 0 Å². The molecule has 0 bridgehead atoms. The van der Waals surface area contributed by atoms with E-state index in [0.717, 1.165) is 31.6 Å². The molecule has 1 aliphatic carbocycles. The topological polar surface area (TPSA) is 57.6 Å². The number of carbonyl (C=O) groups excluding carboxylic acids is 1. The SMILES string of the molecule is CCC1CCC(N(C)C(=O)C(C)C(=O)O)CC1. The van der Waals surface area contributed by atoms with Gasteiger partial charge in [0, 0.05) is 13.1 Å². The first-order valence-electron chi connectivity index (χ1n) is 6.46. The predicted molar refractivity (Wildman–Crippen MR) is 65.6 cm³/mol. The summed E-state index contributed by atoms with van der Waals surface area (Å²) in [6.07, 6.45) is 5.52. The van der Waals surface area contributed by atoms with Gasteiger partial charge in [0.2, 0.25) is 5.91 Å². The van der Waals surface area contributed by atoms with E-state index in [1.807, 2.05) is 0 Å². The van der Waals surface area contributed by atoms with E-state index in [4.69, 9.17) is 5.11 Å². The van der Waals surface area contributed by atoms with Crippen LogP contribution in [0.3, 0.4) is 0 Å². The first kappa shape index (κ1) is 14.0. The lowest BCUT2D eigenvalue weighted by Gasteiger charge is -2.35. The molecular weight excluding hydrogens is 218 g/mol. The summed E-state index contributed by atoms with van der Waals surface area (Å²) in [6.45, 7) is 3.66. The summed E-state index contributed by atoms with van der Waals surface area (Å²) in [7, 11) is 1.73. The molecule has 1 unspecified atom stereocenters. The Morgan fingerprint density at radius 2 is 1.82 bits per heavy atom. The lowest BCUT2D eigenvalue weighted by molar-refractivity contribution is -0.151. The highest BCUT2D eigenvalue weighted by molar-refractivity contribution is 5.96. The van der Waals surface area contributed by atoms with Gasteiger partial charge in [-0.15, -0.1) is 0 Å². The molecule has 17 heavy (non-hydrogen) atoms. The molecule has 0 saturated heterocycles. The fourth-order valence-electron chi connectivity index (χ4n) is 2.53. The Bertz CT molecular complexity index is 282. The van der Waals surface area contributed by atoms with Crippen LogP contribution in [0.2, 0.25) is 0 Å². The van der Waals surface area contributed by atoms with E-state index in [1.54, 1.807) is 11.9 Å². The van der Waals surface area contributed by atoms with Gasteiger partial charge >= 0.3 is 5.97 Å². The average molecular weight is 241 g/mol. The molecule has 0 heterocycles. The highest BCUT2D eigenvalue weighted by Gasteiger charge is 2.30. The van der Waals surface area contributed by atoms with Gasteiger partial charge in [0.05, 0.1) is 0 Å². The number of rotatable bonds is 4. The zero-order valence-electron chi connectivity index (χ0n) is 11.0. The molecular formula is C13H23NO3. The van der Waals surface area contributed by atoms with Crippen LogP contribution in [-0.2, 0) is 9.59 Å². The Balaban J connectivity index is 2.51. The van der Waals surface area contributed by atoms with E-state index >= 15 is 0 Å². The normalized spacial score (nSPS) is 26.3. The molecule has 0 aromatic heterocycles. The molecule has 4 heteroatoms. The van der Waals surface area contributed by atoms with Gasteiger partial charge in [-0.1, -0.05) is 13.3 Å². The first-order valence-corrected chi connectivity index (χ1v) is 6.46. The smallest absolute Gasteiger partial charge is 0.315 e. The van der Waals surface area contributed by atoms with Crippen molar-refractivity contribution in [2.45, 2.75) is 52.0 Å². The minimum absolute atomic E-state index is 0.229. The van der Waals surface area contributed by atoms with Crippen LogP contribution in [-0.4, -0.2) is 35.0 Å². The van der Waals surface area contributed by atoms with Crippen molar-refractivity contribution in [2.75, 3.05) is 7.05 Å². The summed E-state index contributed by atoms with van der Waals surface area (Å²) in [5.41, 5.74) is 0. The summed E-state index contributed by atoms with van der Waals surface area (Å²) >= 11 is 0. The van der Waals surface area contributed by atoms with Crippen LogP contribution in [0.4, 0.5) is 0 Å². The van der Waals surface area contributed by atoms with E-state index in [2.05, 4.69) is 6.92 Å². The summed E-state index contributed by atoms with van der Waals surface area (Å²) in [6, 6.07) is 0.229. The van der Waals surface area contributed by atoms with Crippen molar-refractivity contribution >= 4 is 11.9 Å². The Morgan fingerprint density at radius 3 is 2.24 bits per heavy atom. The minimum Gasteiger partial charge on any atom is -0.481 e. The van der Waals surface area contributed by atoms with Gasteiger partial charge in [-0.05, 0) is 38.5 Å². The zero-order valence-corrected chi connectivity index (χ0v) is 11.0. The van der Waals surface area contributed by atoms with E-state index in [1.165, 1.54) is 13.3 Å². The van der Waals surface area contributed by atoms with Gasteiger partial charge in [0.15, 0.2) is 0 Å². The summed E-state index contributed by atoms with van der Waals surface area (Å²) in [5, 5.41) is 8.83. The first-order chi connectivity index (χ1) is 7.97. The quantitative estimate of drug-likeness (QED) is 0.767. The number of hydrogen-bond acceptors (Lipinski definition) is 2. The summed E-state index contributed by atoms with van der Waals surface area (Å²) in [5.74, 6) is -1.45. The second kappa shape index (κ2) is 6.03. The van der Waals surface area contributed by atoms with E-state index < -0.39 is 11.9 Å². The number of carboxylic acids is 1. The van der Waals surface area contributed by atoms with Crippen molar-refractivity contribution in [3.63, 3.8) is 0 Å². The Labute approximate surface area is 103 Å². The van der Waals surface area contributed by atoms with Gasteiger partial charge < -0.3 is 10.0 Å². The minimum atomic E-state index is -1.04. The van der Waals surface area contributed by atoms with Crippen molar-refractivity contribution in [1.82, 2.24) is 4.90 Å². The number of amides is 1. The number of aliphatic carboxylic acids is 1. The molecule has 1 aliphatic rings. The third-order valence-electron chi connectivity index (χ3n) is 4.03. The summed E-state index contributed by atoms with van der Waals surface area (Å²) < 4.78 is 0. The van der Waals surface area contributed by atoms with Crippen molar-refractivity contribution < 1.29 is 14.7 Å². The molecule has 0 aromatic rings. The van der Waals surface area contributed by atoms with Crippen LogP contribution in [0, 0.1) is 11.8 Å². The third kappa shape index (κ3) is 3.45. The molecule has 1 fully saturated rings. The highest BCUT2D eigenvalue weighted by atomic mass is 16.4. The maximum absolute atomic E-state index is 11.9. The fraction of sp³-hybridized carbons (Fsp3) is 0.846. The molecule has 4 nitrogen and oxygen atoms in total. The van der Waals surface area contributed by atoms with Crippen molar-refractivity contribution in [1.29, 1.82) is 0 Å². The van der Waals surface area contributed by atoms with Gasteiger partial charge in [0.1, 0.15) is 5.92 Å². The predicted octanol–water partition coefficient (Wildman–Crippen LogP) is 2.13. The van der Waals surface area contributed by atoms with Crippen LogP contribution in [0.1, 0.15) is 46.0 Å². The highest BCUT2D eigenvalue weighted by Crippen LogP contribution is 2.29. The van der Waals surface area contributed by atoms with Crippen molar-refractivity contribution in [3.05, 3.63) is 0 Å². The molecule has 1 N–H and O–H groups in total. The second-order valence-corrected chi connectivity index (χ2v) is 5.09. The lowest BCUT2D eigenvalue weighted by atomic mass is 9.84. The van der Waals surface area contributed by atoms with E-state index in [9.17, 15) is 9.59 Å². The van der Waals surface area contributed by atoms with Crippen LogP contribution >= 0.6 is 0 Å². The number of nitrogens with zero attached hydrogens (tertiary/aromatic N) is 1. The maximum Gasteiger partial charge on any atom is 0.315 e. The molecule has 1 saturated carbocycles. The fourth-order valence-corrected chi connectivity index (χ4v) is 2.53. The lowest BCUT2D eigenvalue weighted by Crippen LogP contribution is -2.43. The monoisotopic (exact) mass is 241 g/mol. The molecule has 0 spiro atoms. The largest absolute Gasteiger partial charge is 0.481 e. The van der Waals surface area contributed by atoms with Crippen LogP contribution in [0.5, 0.6) is 0 Å². The van der Waals surface area contributed by atoms with Gasteiger partial charge in [-0.2, -0.15) is 0 Å². The Hall–Kier alpha value is -1.06. The molecule has 98 valence electrons. The number of hydrogen-bond donors (Lipinski definition) is 1. The van der Waals surface area contributed by atoms with Gasteiger partial charge in [0.25, 0.3) is 0 Å². The Morgan fingerprint density at radius 1 is 1.29 bits per heavy atom. The van der Waals surface area contributed by atoms with E-state index in [-0.39, 0.29) is 11.9 Å². The van der Waals surface area contributed by atoms with Crippen molar-refractivity contribution in [3.8, 4) is 0 Å². The maximum atomic E-state index is 11.9. The standard InChI is InChI=1S/C13H23NO3/c1-4-10-5-7-11(8-6-10)14(3)12(15)9(2)13(16)17/h9-11H,4-8H2,1-3H3,(H,16,17). The van der Waals surface area contributed by atoms with Crippen LogP contribution in [0.15, 0.2) is 0 Å². The molecule has 0 aliphatic heterocycles. The molecule has 1 atom stereocenters. The van der Waals surface area contributed by atoms with E-state index in [0.29, 0.717) is 0 Å². The average Bonchev–Trinajstić information content (AvgIpc) is 2.36. The van der Waals surface area contributed by atoms with Crippen molar-refractivity contribution in [2.24, 2.45) is 11.8 Å². The molecule has 0 radical (unpaired) electrons. The molecule has 1 amide bonds.